The third kappa shape index (κ3) is 3.01. The Labute approximate surface area is 139 Å². The molecule has 7 nitrogen and oxygen atoms in total. The Hall–Kier alpha value is -3.09. The minimum Gasteiger partial charge on any atom is -0.497 e. The molecule has 1 aromatic heterocycles. The van der Waals surface area contributed by atoms with Gasteiger partial charge in [0.25, 0.3) is 5.91 Å². The van der Waals surface area contributed by atoms with Gasteiger partial charge in [0.2, 0.25) is 0 Å². The molecule has 1 atom stereocenters. The van der Waals surface area contributed by atoms with E-state index >= 15 is 0 Å². The number of nitrogens with zero attached hydrogens (tertiary/aromatic N) is 2. The second-order valence-corrected chi connectivity index (χ2v) is 5.33. The highest BCUT2D eigenvalue weighted by atomic mass is 16.5. The molecule has 0 unspecified atom stereocenters. The van der Waals surface area contributed by atoms with Crippen LogP contribution in [0.4, 0.5) is 0 Å². The van der Waals surface area contributed by atoms with Gasteiger partial charge in [-0.05, 0) is 43.3 Å². The van der Waals surface area contributed by atoms with E-state index in [2.05, 4.69) is 20.7 Å². The van der Waals surface area contributed by atoms with Crippen molar-refractivity contribution >= 4 is 16.9 Å². The number of fused-ring (bicyclic) bond motifs is 1. The number of methoxy groups -OCH3 is 2. The molecule has 0 radical (unpaired) electrons. The molecule has 0 saturated heterocycles. The predicted molar refractivity (Wildman–Crippen MR) is 89.3 cm³/mol. The fourth-order valence-corrected chi connectivity index (χ4v) is 2.52. The van der Waals surface area contributed by atoms with Crippen LogP contribution in [0.2, 0.25) is 0 Å². The first kappa shape index (κ1) is 15.8. The number of H-pyrrole nitrogens is 1. The van der Waals surface area contributed by atoms with E-state index in [0.717, 1.165) is 5.56 Å². The molecule has 3 aromatic rings. The van der Waals surface area contributed by atoms with Crippen LogP contribution in [0.1, 0.15) is 28.9 Å². The monoisotopic (exact) mass is 326 g/mol. The zero-order chi connectivity index (χ0) is 17.1. The van der Waals surface area contributed by atoms with Crippen LogP contribution in [0.3, 0.4) is 0 Å². The predicted octanol–water partition coefficient (Wildman–Crippen LogP) is 2.47. The number of carbonyl (C=O) groups is 1. The summed E-state index contributed by atoms with van der Waals surface area (Å²) in [5, 5.41) is 13.5. The summed E-state index contributed by atoms with van der Waals surface area (Å²) in [5.74, 6) is 1.20. The Morgan fingerprint density at radius 2 is 1.88 bits per heavy atom. The van der Waals surface area contributed by atoms with Gasteiger partial charge >= 0.3 is 0 Å². The number of benzene rings is 2. The summed E-state index contributed by atoms with van der Waals surface area (Å²) in [5.41, 5.74) is 2.72. The lowest BCUT2D eigenvalue weighted by atomic mass is 10.1. The largest absolute Gasteiger partial charge is 0.497 e. The third-order valence-corrected chi connectivity index (χ3v) is 3.83. The number of hydrogen-bond acceptors (Lipinski definition) is 5. The molecule has 1 amide bonds. The summed E-state index contributed by atoms with van der Waals surface area (Å²) >= 11 is 0. The van der Waals surface area contributed by atoms with E-state index in [0.29, 0.717) is 28.1 Å². The molecule has 2 aromatic carbocycles. The second-order valence-electron chi connectivity index (χ2n) is 5.33. The van der Waals surface area contributed by atoms with E-state index < -0.39 is 0 Å². The number of nitrogens with one attached hydrogen (secondary N) is 2. The molecule has 24 heavy (non-hydrogen) atoms. The average molecular weight is 326 g/mol. The van der Waals surface area contributed by atoms with Crippen molar-refractivity contribution in [2.24, 2.45) is 0 Å². The Morgan fingerprint density at radius 3 is 2.62 bits per heavy atom. The van der Waals surface area contributed by atoms with Crippen molar-refractivity contribution in [3.05, 3.63) is 47.5 Å². The number of ether oxygens (including phenoxy) is 2. The standard InChI is InChI=1S/C17H18N4O3/c1-10(13-9-12(23-2)5-7-16(13)24-3)18-17(22)11-4-6-14-15(8-11)20-21-19-14/h4-10H,1-3H3,(H,18,22)(H,19,20,21)/t10-/m1/s1. The molecule has 0 bridgehead atoms. The van der Waals surface area contributed by atoms with Gasteiger partial charge < -0.3 is 14.8 Å². The topological polar surface area (TPSA) is 89.1 Å². The summed E-state index contributed by atoms with van der Waals surface area (Å²) in [6, 6.07) is 10.4. The van der Waals surface area contributed by atoms with E-state index in [4.69, 9.17) is 9.47 Å². The zero-order valence-electron chi connectivity index (χ0n) is 13.7. The van der Waals surface area contributed by atoms with Gasteiger partial charge in [-0.15, -0.1) is 0 Å². The van der Waals surface area contributed by atoms with Crippen molar-refractivity contribution < 1.29 is 14.3 Å². The smallest absolute Gasteiger partial charge is 0.251 e. The molecule has 124 valence electrons. The van der Waals surface area contributed by atoms with Crippen LogP contribution in [0, 0.1) is 0 Å². The third-order valence-electron chi connectivity index (χ3n) is 3.83. The lowest BCUT2D eigenvalue weighted by Gasteiger charge is -2.18. The molecule has 0 aliphatic rings. The number of hydrogen-bond donors (Lipinski definition) is 2. The van der Waals surface area contributed by atoms with Crippen molar-refractivity contribution in [2.75, 3.05) is 14.2 Å². The first-order chi connectivity index (χ1) is 11.6. The summed E-state index contributed by atoms with van der Waals surface area (Å²) < 4.78 is 10.6. The van der Waals surface area contributed by atoms with Gasteiger partial charge in [-0.1, -0.05) is 0 Å². The van der Waals surface area contributed by atoms with E-state index in [1.807, 2.05) is 25.1 Å². The van der Waals surface area contributed by atoms with E-state index in [-0.39, 0.29) is 11.9 Å². The number of carbonyl (C=O) groups excluding carboxylic acids is 1. The Morgan fingerprint density at radius 1 is 1.08 bits per heavy atom. The summed E-state index contributed by atoms with van der Waals surface area (Å²) in [6.45, 7) is 1.89. The fraction of sp³-hybridized carbons (Fsp3) is 0.235. The lowest BCUT2D eigenvalue weighted by molar-refractivity contribution is 0.0939. The molecular formula is C17H18N4O3. The Balaban J connectivity index is 1.83. The Bertz CT molecular complexity index is 875. The maximum atomic E-state index is 12.5. The van der Waals surface area contributed by atoms with Gasteiger partial charge in [-0.25, -0.2) is 0 Å². The summed E-state index contributed by atoms with van der Waals surface area (Å²) in [4.78, 5) is 12.5. The molecule has 0 saturated carbocycles. The van der Waals surface area contributed by atoms with Crippen molar-refractivity contribution in [3.63, 3.8) is 0 Å². The SMILES string of the molecule is COc1ccc(OC)c([C@@H](C)NC(=O)c2ccc3n[nH]nc3c2)c1. The first-order valence-electron chi connectivity index (χ1n) is 7.45. The molecular weight excluding hydrogens is 308 g/mol. The van der Waals surface area contributed by atoms with Gasteiger partial charge in [0.05, 0.1) is 20.3 Å². The van der Waals surface area contributed by atoms with Crippen LogP contribution >= 0.6 is 0 Å². The van der Waals surface area contributed by atoms with Crippen LogP contribution < -0.4 is 14.8 Å². The molecule has 7 heteroatoms. The van der Waals surface area contributed by atoms with Gasteiger partial charge in [0, 0.05) is 11.1 Å². The van der Waals surface area contributed by atoms with Gasteiger partial charge in [0.15, 0.2) is 0 Å². The van der Waals surface area contributed by atoms with Crippen LogP contribution in [0.15, 0.2) is 36.4 Å². The summed E-state index contributed by atoms with van der Waals surface area (Å²) in [7, 11) is 3.19. The fourth-order valence-electron chi connectivity index (χ4n) is 2.52. The molecule has 0 spiro atoms. The van der Waals surface area contributed by atoms with Gasteiger partial charge in [-0.2, -0.15) is 15.4 Å². The molecule has 0 fully saturated rings. The maximum absolute atomic E-state index is 12.5. The highest BCUT2D eigenvalue weighted by Gasteiger charge is 2.17. The number of aromatic nitrogens is 3. The number of rotatable bonds is 5. The van der Waals surface area contributed by atoms with E-state index in [1.165, 1.54) is 0 Å². The number of aromatic amines is 1. The normalized spacial score (nSPS) is 12.0. The number of amides is 1. The molecule has 2 N–H and O–H groups in total. The van der Waals surface area contributed by atoms with Crippen molar-refractivity contribution in [1.82, 2.24) is 20.7 Å². The quantitative estimate of drug-likeness (QED) is 0.752. The van der Waals surface area contributed by atoms with Crippen LogP contribution in [-0.4, -0.2) is 35.5 Å². The maximum Gasteiger partial charge on any atom is 0.251 e. The molecule has 0 aliphatic carbocycles. The van der Waals surface area contributed by atoms with Crippen LogP contribution in [0.5, 0.6) is 11.5 Å². The van der Waals surface area contributed by atoms with E-state index in [9.17, 15) is 4.79 Å². The molecule has 1 heterocycles. The van der Waals surface area contributed by atoms with Crippen molar-refractivity contribution in [2.45, 2.75) is 13.0 Å². The summed E-state index contributed by atoms with van der Waals surface area (Å²) in [6.07, 6.45) is 0. The highest BCUT2D eigenvalue weighted by Crippen LogP contribution is 2.29. The zero-order valence-corrected chi connectivity index (χ0v) is 13.7. The van der Waals surface area contributed by atoms with Gasteiger partial charge in [-0.3, -0.25) is 4.79 Å². The van der Waals surface area contributed by atoms with Crippen molar-refractivity contribution in [1.29, 1.82) is 0 Å². The second kappa shape index (κ2) is 6.57. The van der Waals surface area contributed by atoms with Gasteiger partial charge in [0.1, 0.15) is 22.5 Å². The minimum absolute atomic E-state index is 0.197. The lowest BCUT2D eigenvalue weighted by Crippen LogP contribution is -2.27. The van der Waals surface area contributed by atoms with Crippen molar-refractivity contribution in [3.8, 4) is 11.5 Å². The van der Waals surface area contributed by atoms with Crippen LogP contribution in [-0.2, 0) is 0 Å². The van der Waals surface area contributed by atoms with E-state index in [1.54, 1.807) is 32.4 Å². The average Bonchev–Trinajstić information content (AvgIpc) is 3.08. The van der Waals surface area contributed by atoms with Crippen LogP contribution in [0.25, 0.3) is 11.0 Å². The Kier molecular flexibility index (Phi) is 4.33. The molecule has 0 aliphatic heterocycles. The minimum atomic E-state index is -0.254. The first-order valence-corrected chi connectivity index (χ1v) is 7.45. The molecule has 3 rings (SSSR count). The highest BCUT2D eigenvalue weighted by molar-refractivity contribution is 5.97.